The van der Waals surface area contributed by atoms with Gasteiger partial charge in [0.15, 0.2) is 0 Å². The fraction of sp³-hybridized carbons (Fsp3) is 0.500. The molecule has 0 aliphatic rings. The van der Waals surface area contributed by atoms with E-state index in [0.717, 1.165) is 0 Å². The SMILES string of the molecule is CC=C(C)C(=O)OC.[MgH2]. The first kappa shape index (κ1) is 11.7. The summed E-state index contributed by atoms with van der Waals surface area (Å²) in [5, 5.41) is 0. The normalized spacial score (nSPS) is 9.89. The molecule has 0 unspecified atom stereocenters. The number of esters is 1. The molecule has 0 radical (unpaired) electrons. The van der Waals surface area contributed by atoms with Crippen LogP contribution in [0.15, 0.2) is 11.6 Å². The Balaban J connectivity index is 0. The summed E-state index contributed by atoms with van der Waals surface area (Å²) in [7, 11) is 1.37. The minimum Gasteiger partial charge on any atom is -0.466 e. The molecule has 0 aromatic heterocycles. The first-order valence-electron chi connectivity index (χ1n) is 2.43. The van der Waals surface area contributed by atoms with Gasteiger partial charge in [-0.25, -0.2) is 4.79 Å². The van der Waals surface area contributed by atoms with Gasteiger partial charge >= 0.3 is 29.0 Å². The van der Waals surface area contributed by atoms with Crippen LogP contribution >= 0.6 is 0 Å². The zero-order valence-corrected chi connectivity index (χ0v) is 5.39. The highest BCUT2D eigenvalue weighted by Gasteiger charge is 1.98. The highest BCUT2D eigenvalue weighted by molar-refractivity contribution is 5.87. The maximum absolute atomic E-state index is 10.5. The Bertz CT molecular complexity index is 118. The Morgan fingerprint density at radius 3 is 2.11 bits per heavy atom. The van der Waals surface area contributed by atoms with E-state index in [9.17, 15) is 4.79 Å². The van der Waals surface area contributed by atoms with Crippen LogP contribution in [0.2, 0.25) is 0 Å². The number of carbonyl (C=O) groups is 1. The molecule has 0 fully saturated rings. The molecule has 0 rings (SSSR count). The average molecular weight is 140 g/mol. The van der Waals surface area contributed by atoms with Crippen molar-refractivity contribution in [3.63, 3.8) is 0 Å². The lowest BCUT2D eigenvalue weighted by Crippen LogP contribution is -2.00. The fourth-order valence-corrected chi connectivity index (χ4v) is 0.279. The summed E-state index contributed by atoms with van der Waals surface area (Å²) in [6.07, 6.45) is 1.71. The second-order valence-corrected chi connectivity index (χ2v) is 1.46. The van der Waals surface area contributed by atoms with Crippen molar-refractivity contribution in [2.45, 2.75) is 13.8 Å². The van der Waals surface area contributed by atoms with Gasteiger partial charge in [0.1, 0.15) is 0 Å². The van der Waals surface area contributed by atoms with Crippen molar-refractivity contribution >= 4 is 29.0 Å². The number of allylic oxidation sites excluding steroid dienone is 1. The van der Waals surface area contributed by atoms with Gasteiger partial charge < -0.3 is 4.74 Å². The average Bonchev–Trinajstić information content (AvgIpc) is 1.84. The first-order chi connectivity index (χ1) is 3.72. The number of ether oxygens (including phenoxy) is 1. The minimum atomic E-state index is -0.257. The van der Waals surface area contributed by atoms with E-state index in [-0.39, 0.29) is 29.0 Å². The highest BCUT2D eigenvalue weighted by atomic mass is 24.3. The summed E-state index contributed by atoms with van der Waals surface area (Å²) in [5.74, 6) is -0.257. The molecule has 0 bridgehead atoms. The van der Waals surface area contributed by atoms with Gasteiger partial charge in [0.05, 0.1) is 7.11 Å². The maximum atomic E-state index is 10.5. The van der Waals surface area contributed by atoms with Crippen LogP contribution in [0.3, 0.4) is 0 Å². The highest BCUT2D eigenvalue weighted by Crippen LogP contribution is 1.92. The van der Waals surface area contributed by atoms with Crippen molar-refractivity contribution in [1.29, 1.82) is 0 Å². The topological polar surface area (TPSA) is 26.3 Å². The van der Waals surface area contributed by atoms with Crippen molar-refractivity contribution in [3.05, 3.63) is 11.6 Å². The molecule has 50 valence electrons. The molecule has 0 saturated heterocycles. The zero-order valence-electron chi connectivity index (χ0n) is 5.39. The van der Waals surface area contributed by atoms with Crippen LogP contribution in [0.1, 0.15) is 13.8 Å². The van der Waals surface area contributed by atoms with Crippen LogP contribution in [-0.4, -0.2) is 36.1 Å². The standard InChI is InChI=1S/C6H10O2.Mg.2H/c1-4-5(2)6(7)8-3;;;/h4H,1-3H3;;;. The molecule has 2 nitrogen and oxygen atoms in total. The molecule has 0 spiro atoms. The molecule has 3 heteroatoms. The molecule has 0 aliphatic heterocycles. The first-order valence-corrected chi connectivity index (χ1v) is 2.43. The number of methoxy groups -OCH3 is 1. The van der Waals surface area contributed by atoms with Gasteiger partial charge in [-0.05, 0) is 13.8 Å². The summed E-state index contributed by atoms with van der Waals surface area (Å²) in [5.41, 5.74) is 0.646. The van der Waals surface area contributed by atoms with Crippen LogP contribution < -0.4 is 0 Å². The van der Waals surface area contributed by atoms with E-state index in [1.54, 1.807) is 19.9 Å². The lowest BCUT2D eigenvalue weighted by Gasteiger charge is -1.93. The minimum absolute atomic E-state index is 0. The van der Waals surface area contributed by atoms with Crippen molar-refractivity contribution in [2.24, 2.45) is 0 Å². The Kier molecular flexibility index (Phi) is 7.96. The summed E-state index contributed by atoms with van der Waals surface area (Å²) in [6.45, 7) is 3.51. The quantitative estimate of drug-likeness (QED) is 0.296. The summed E-state index contributed by atoms with van der Waals surface area (Å²) < 4.78 is 4.40. The predicted octanol–water partition coefficient (Wildman–Crippen LogP) is 0.209. The lowest BCUT2D eigenvalue weighted by atomic mass is 10.3. The Morgan fingerprint density at radius 1 is 1.56 bits per heavy atom. The van der Waals surface area contributed by atoms with Gasteiger partial charge in [-0.1, -0.05) is 6.08 Å². The molecule has 0 aromatic carbocycles. The molecule has 0 aromatic rings. The molecule has 9 heavy (non-hydrogen) atoms. The van der Waals surface area contributed by atoms with Gasteiger partial charge in [-0.15, -0.1) is 0 Å². The van der Waals surface area contributed by atoms with Gasteiger partial charge in [0, 0.05) is 5.57 Å². The third-order valence-corrected chi connectivity index (χ3v) is 0.940. The molecular weight excluding hydrogens is 128 g/mol. The van der Waals surface area contributed by atoms with Crippen LogP contribution in [0.4, 0.5) is 0 Å². The Morgan fingerprint density at radius 2 is 2.00 bits per heavy atom. The predicted molar refractivity (Wildman–Crippen MR) is 40.0 cm³/mol. The van der Waals surface area contributed by atoms with Crippen molar-refractivity contribution in [3.8, 4) is 0 Å². The number of hydrogen-bond donors (Lipinski definition) is 0. The van der Waals surface area contributed by atoms with E-state index in [1.165, 1.54) is 7.11 Å². The van der Waals surface area contributed by atoms with Crippen molar-refractivity contribution in [1.82, 2.24) is 0 Å². The van der Waals surface area contributed by atoms with Crippen molar-refractivity contribution in [2.75, 3.05) is 7.11 Å². The fourth-order valence-electron chi connectivity index (χ4n) is 0.279. The smallest absolute Gasteiger partial charge is 0.333 e. The van der Waals surface area contributed by atoms with Gasteiger partial charge in [-0.3, -0.25) is 0 Å². The van der Waals surface area contributed by atoms with Gasteiger partial charge in [-0.2, -0.15) is 0 Å². The Labute approximate surface area is 71.4 Å². The lowest BCUT2D eigenvalue weighted by molar-refractivity contribution is -0.136. The number of rotatable bonds is 1. The van der Waals surface area contributed by atoms with Crippen LogP contribution in [0, 0.1) is 0 Å². The molecule has 0 saturated carbocycles. The molecule has 0 atom stereocenters. The van der Waals surface area contributed by atoms with E-state index in [2.05, 4.69) is 4.74 Å². The largest absolute Gasteiger partial charge is 0.466 e. The third-order valence-electron chi connectivity index (χ3n) is 0.940. The maximum Gasteiger partial charge on any atom is 0.333 e. The van der Waals surface area contributed by atoms with Gasteiger partial charge in [0.25, 0.3) is 0 Å². The summed E-state index contributed by atoms with van der Waals surface area (Å²) in [6, 6.07) is 0. The van der Waals surface area contributed by atoms with Crippen LogP contribution in [-0.2, 0) is 9.53 Å². The van der Waals surface area contributed by atoms with E-state index in [4.69, 9.17) is 0 Å². The van der Waals surface area contributed by atoms with E-state index in [0.29, 0.717) is 5.57 Å². The number of carbonyl (C=O) groups excluding carboxylic acids is 1. The third kappa shape index (κ3) is 4.48. The summed E-state index contributed by atoms with van der Waals surface area (Å²) in [4.78, 5) is 10.5. The number of hydrogen-bond acceptors (Lipinski definition) is 2. The molecule has 0 aliphatic carbocycles. The van der Waals surface area contributed by atoms with E-state index in [1.807, 2.05) is 0 Å². The second kappa shape index (κ2) is 6.10. The van der Waals surface area contributed by atoms with Gasteiger partial charge in [0.2, 0.25) is 0 Å². The van der Waals surface area contributed by atoms with Crippen molar-refractivity contribution < 1.29 is 9.53 Å². The van der Waals surface area contributed by atoms with Crippen LogP contribution in [0.25, 0.3) is 0 Å². The summed E-state index contributed by atoms with van der Waals surface area (Å²) >= 11 is 0. The molecule has 0 heterocycles. The second-order valence-electron chi connectivity index (χ2n) is 1.46. The monoisotopic (exact) mass is 140 g/mol. The molecular formula is C6H12MgO2. The molecule has 0 N–H and O–H groups in total. The Hall–Kier alpha value is -0.0238. The van der Waals surface area contributed by atoms with E-state index >= 15 is 0 Å². The van der Waals surface area contributed by atoms with Crippen LogP contribution in [0.5, 0.6) is 0 Å². The zero-order chi connectivity index (χ0) is 6.57. The van der Waals surface area contributed by atoms with E-state index < -0.39 is 0 Å². The molecule has 0 amide bonds.